The second kappa shape index (κ2) is 4.04. The molecule has 2 rings (SSSR count). The third-order valence-corrected chi connectivity index (χ3v) is 1.93. The van der Waals surface area contributed by atoms with Crippen LogP contribution in [-0.2, 0) is 22.9 Å². The van der Waals surface area contributed by atoms with Crippen molar-refractivity contribution >= 4 is 5.97 Å². The van der Waals surface area contributed by atoms with Gasteiger partial charge in [-0.1, -0.05) is 6.85 Å². The minimum atomic E-state index is -3.57. The van der Waals surface area contributed by atoms with Crippen LogP contribution in [0.25, 0.3) is 0 Å². The summed E-state index contributed by atoms with van der Waals surface area (Å²) in [5.74, 6) is -7.04. The monoisotopic (exact) mass is 221 g/mol. The Labute approximate surface area is 108 Å². The van der Waals surface area contributed by atoms with E-state index in [2.05, 4.69) is 9.72 Å². The van der Waals surface area contributed by atoms with Crippen LogP contribution in [0.4, 0.5) is 0 Å². The highest BCUT2D eigenvalue weighted by atomic mass is 16.5. The summed E-state index contributed by atoms with van der Waals surface area (Å²) in [4.78, 5) is 15.5. The lowest BCUT2D eigenvalue weighted by Crippen LogP contribution is -2.18. The first-order valence-corrected chi connectivity index (χ1v) is 4.05. The molecule has 15 heavy (non-hydrogen) atoms. The number of ether oxygens (including phenoxy) is 1. The maximum absolute atomic E-state index is 12.2. The lowest BCUT2D eigenvalue weighted by atomic mass is 9.89. The number of esters is 1. The fourth-order valence-corrected chi connectivity index (χ4v) is 1.20. The molecule has 2 atom stereocenters. The van der Waals surface area contributed by atoms with Crippen LogP contribution in [0.5, 0.6) is 0 Å². The van der Waals surface area contributed by atoms with E-state index in [1.807, 2.05) is 0 Å². The van der Waals surface area contributed by atoms with Gasteiger partial charge in [0.2, 0.25) is 0 Å². The molecule has 0 spiro atoms. The highest BCUT2D eigenvalue weighted by Crippen LogP contribution is 2.27. The Morgan fingerprint density at radius 2 is 2.93 bits per heavy atom. The number of nitrogens with zero attached hydrogens (tertiary/aromatic N) is 2. The van der Waals surface area contributed by atoms with Gasteiger partial charge in [0.15, 0.2) is 0 Å². The number of aromatic nitrogens is 2. The fraction of sp³-hybridized carbons (Fsp3) is 0.636. The van der Waals surface area contributed by atoms with Crippen molar-refractivity contribution in [3.63, 3.8) is 0 Å². The van der Waals surface area contributed by atoms with Crippen LogP contribution < -0.4 is 0 Å². The molecule has 0 bridgehead atoms. The SMILES string of the molecule is [2H]c1nc([2H])n(C([2H])([2H])[2H])c1C([2H])([2H])[C@H]1COC(=O)[C@@]1([2H])C([2H])([2H])C([2H])([2H])[2H]. The molecule has 1 fully saturated rings. The van der Waals surface area contributed by atoms with Gasteiger partial charge in [0.1, 0.15) is 1.37 Å². The number of imidazole rings is 1. The van der Waals surface area contributed by atoms with Crippen LogP contribution in [0.2, 0.25) is 0 Å². The summed E-state index contributed by atoms with van der Waals surface area (Å²) in [6.07, 6.45) is -8.64. The molecule has 0 radical (unpaired) electrons. The Morgan fingerprint density at radius 3 is 3.73 bits per heavy atom. The van der Waals surface area contributed by atoms with Crippen molar-refractivity contribution in [2.75, 3.05) is 6.61 Å². The fourth-order valence-electron chi connectivity index (χ4n) is 1.20. The molecule has 1 aliphatic heterocycles. The lowest BCUT2D eigenvalue weighted by Gasteiger charge is -2.12. The smallest absolute Gasteiger partial charge is 0.309 e. The van der Waals surface area contributed by atoms with E-state index in [0.29, 0.717) is 0 Å². The van der Waals surface area contributed by atoms with Crippen LogP contribution in [0.3, 0.4) is 0 Å². The summed E-state index contributed by atoms with van der Waals surface area (Å²) in [5, 5.41) is 0. The molecular weight excluding hydrogens is 192 g/mol. The second-order valence-corrected chi connectivity index (χ2v) is 2.84. The number of hydrogen-bond acceptors (Lipinski definition) is 3. The minimum absolute atomic E-state index is 0.115. The Balaban J connectivity index is 2.75. The van der Waals surface area contributed by atoms with Gasteiger partial charge in [0, 0.05) is 39.8 Å². The summed E-state index contributed by atoms with van der Waals surface area (Å²) in [7, 11) is 0. The van der Waals surface area contributed by atoms with Crippen molar-refractivity contribution in [1.82, 2.24) is 9.55 Å². The molecule has 1 aromatic heterocycles. The molecule has 4 nitrogen and oxygen atoms in total. The molecule has 1 saturated heterocycles. The molecule has 0 aromatic carbocycles. The van der Waals surface area contributed by atoms with Crippen molar-refractivity contribution in [2.45, 2.75) is 19.6 Å². The minimum Gasteiger partial charge on any atom is -0.465 e. The summed E-state index contributed by atoms with van der Waals surface area (Å²) in [6, 6.07) is 0. The lowest BCUT2D eigenvalue weighted by molar-refractivity contribution is -0.141. The molecule has 4 heteroatoms. The number of cyclic esters (lactones) is 1. The van der Waals surface area contributed by atoms with Gasteiger partial charge in [-0.2, -0.15) is 0 Å². The van der Waals surface area contributed by atoms with E-state index >= 15 is 0 Å². The average Bonchev–Trinajstić information content (AvgIpc) is 2.96. The molecule has 1 aromatic rings. The Morgan fingerprint density at radius 1 is 2.00 bits per heavy atom. The zero-order valence-corrected chi connectivity index (χ0v) is 7.50. The van der Waals surface area contributed by atoms with E-state index in [1.54, 1.807) is 0 Å². The molecule has 0 amide bonds. The van der Waals surface area contributed by atoms with Gasteiger partial charge in [-0.15, -0.1) is 0 Å². The molecule has 82 valence electrons. The van der Waals surface area contributed by atoms with Crippen molar-refractivity contribution in [1.29, 1.82) is 0 Å². The number of carbonyl (C=O) groups is 1. The van der Waals surface area contributed by atoms with E-state index in [4.69, 9.17) is 17.8 Å². The van der Waals surface area contributed by atoms with Crippen LogP contribution in [0.1, 0.15) is 36.7 Å². The van der Waals surface area contributed by atoms with Crippen LogP contribution in [0.15, 0.2) is 12.5 Å². The first-order valence-electron chi connectivity index (χ1n) is 10.6. The summed E-state index contributed by atoms with van der Waals surface area (Å²) < 4.78 is 105. The zero-order valence-electron chi connectivity index (χ0n) is 20.5. The van der Waals surface area contributed by atoms with Crippen molar-refractivity contribution in [2.24, 2.45) is 18.8 Å². The topological polar surface area (TPSA) is 44.1 Å². The van der Waals surface area contributed by atoms with Gasteiger partial charge >= 0.3 is 5.97 Å². The second-order valence-electron chi connectivity index (χ2n) is 2.84. The van der Waals surface area contributed by atoms with Crippen molar-refractivity contribution in [3.8, 4) is 0 Å². The first-order chi connectivity index (χ1) is 12.3. The molecule has 2 heterocycles. The Bertz CT molecular complexity index is 796. The Hall–Kier alpha value is -1.32. The highest BCUT2D eigenvalue weighted by molar-refractivity contribution is 5.74. The molecular formula is C11H16N2O2. The molecule has 1 aliphatic rings. The van der Waals surface area contributed by atoms with E-state index in [0.717, 1.165) is 0 Å². The maximum atomic E-state index is 12.2. The summed E-state index contributed by atoms with van der Waals surface area (Å²) in [5.41, 5.74) is -1.00. The van der Waals surface area contributed by atoms with Gasteiger partial charge in [-0.05, 0) is 12.7 Å². The largest absolute Gasteiger partial charge is 0.465 e. The standard InChI is InChI=1S/C11H16N2O2/c1-3-10-8(6-15-11(10)14)4-9-5-12-7-13(9)2/h5,7-8,10H,3-4,6H2,1-2H3/t8-,10-/m0/s1/i1D3,2D3,3D2,4D2,5D,7D,10D. The van der Waals surface area contributed by atoms with Crippen LogP contribution >= 0.6 is 0 Å². The summed E-state index contributed by atoms with van der Waals surface area (Å²) >= 11 is 0. The average molecular weight is 221 g/mol. The molecule has 0 unspecified atom stereocenters. The zero-order chi connectivity index (χ0) is 22.1. The number of rotatable bonds is 3. The van der Waals surface area contributed by atoms with E-state index in [9.17, 15) is 4.79 Å². The number of carbonyl (C=O) groups excluding carboxylic acids is 1. The van der Waals surface area contributed by atoms with Gasteiger partial charge < -0.3 is 9.30 Å². The third-order valence-electron chi connectivity index (χ3n) is 1.93. The van der Waals surface area contributed by atoms with Gasteiger partial charge in [0.05, 0.1) is 20.2 Å². The van der Waals surface area contributed by atoms with Crippen LogP contribution in [0, 0.1) is 11.8 Å². The number of hydrogen-bond donors (Lipinski definition) is 0. The molecule has 0 aliphatic carbocycles. The molecule has 0 N–H and O–H groups in total. The molecule has 0 saturated carbocycles. The van der Waals surface area contributed by atoms with E-state index in [-0.39, 0.29) is 4.57 Å². The van der Waals surface area contributed by atoms with Gasteiger partial charge in [0.25, 0.3) is 0 Å². The van der Waals surface area contributed by atoms with E-state index < -0.39 is 69.1 Å². The summed E-state index contributed by atoms with van der Waals surface area (Å²) in [6.45, 7) is -7.59. The predicted molar refractivity (Wildman–Crippen MR) is 55.1 cm³/mol. The van der Waals surface area contributed by atoms with Crippen LogP contribution in [-0.4, -0.2) is 22.1 Å². The Kier molecular flexibility index (Phi) is 0.774. The van der Waals surface area contributed by atoms with Crippen molar-refractivity contribution in [3.05, 3.63) is 18.2 Å². The normalized spacial score (nSPS) is 46.8. The third kappa shape index (κ3) is 1.89. The van der Waals surface area contributed by atoms with Gasteiger partial charge in [-0.3, -0.25) is 4.79 Å². The first kappa shape index (κ1) is 2.87. The maximum Gasteiger partial charge on any atom is 0.309 e. The predicted octanol–water partition coefficient (Wildman–Crippen LogP) is 1.16. The highest BCUT2D eigenvalue weighted by Gasteiger charge is 2.35. The van der Waals surface area contributed by atoms with Crippen molar-refractivity contribution < 1.29 is 27.4 Å². The van der Waals surface area contributed by atoms with E-state index in [1.165, 1.54) is 0 Å². The van der Waals surface area contributed by atoms with Gasteiger partial charge in [-0.25, -0.2) is 4.98 Å². The quantitative estimate of drug-likeness (QED) is 0.719.